The number of hydrogen-bond donors (Lipinski definition) is 0. The number of benzene rings is 1. The van der Waals surface area contributed by atoms with Crippen molar-refractivity contribution in [3.63, 3.8) is 0 Å². The van der Waals surface area contributed by atoms with Gasteiger partial charge in [-0.3, -0.25) is 0 Å². The molecule has 0 aromatic heterocycles. The van der Waals surface area contributed by atoms with E-state index < -0.39 is 0 Å². The molecule has 0 unspecified atom stereocenters. The molecule has 82 valence electrons. The molecule has 0 saturated carbocycles. The molecule has 0 heterocycles. The molecule has 1 rings (SSSR count). The Morgan fingerprint density at radius 2 is 2.20 bits per heavy atom. The quantitative estimate of drug-likeness (QED) is 0.585. The fourth-order valence-electron chi connectivity index (χ4n) is 1.16. The maximum absolute atomic E-state index is 11.2. The molecule has 0 fully saturated rings. The first-order chi connectivity index (χ1) is 7.17. The van der Waals surface area contributed by atoms with Crippen molar-refractivity contribution in [3.8, 4) is 5.75 Å². The average Bonchev–Trinajstić information content (AvgIpc) is 2.18. The lowest BCUT2D eigenvalue weighted by Gasteiger charge is -2.06. The fraction of sp³-hybridized carbons (Fsp3) is 0.364. The molecular weight excluding hydrogens is 212 g/mol. The third-order valence-corrected chi connectivity index (χ3v) is 2.60. The van der Waals surface area contributed by atoms with E-state index in [9.17, 15) is 4.79 Å². The first-order valence-corrected chi connectivity index (χ1v) is 5.48. The van der Waals surface area contributed by atoms with Crippen molar-refractivity contribution in [3.05, 3.63) is 23.8 Å². The first kappa shape index (κ1) is 11.9. The number of ether oxygens (including phenoxy) is 2. The van der Waals surface area contributed by atoms with Crippen molar-refractivity contribution in [2.45, 2.75) is 18.7 Å². The summed E-state index contributed by atoms with van der Waals surface area (Å²) >= 11 is 1.08. The maximum Gasteiger partial charge on any atom is 0.372 e. The van der Waals surface area contributed by atoms with Gasteiger partial charge < -0.3 is 9.47 Å². The molecule has 0 saturated heterocycles. The average molecular weight is 226 g/mol. The largest absolute Gasteiger partial charge is 0.496 e. The Kier molecular flexibility index (Phi) is 4.49. The summed E-state index contributed by atoms with van der Waals surface area (Å²) in [5.74, 6) is 0.822. The molecular formula is C11H14O3S. The van der Waals surface area contributed by atoms with Crippen LogP contribution in [0, 0.1) is 6.92 Å². The smallest absolute Gasteiger partial charge is 0.372 e. The number of thioether (sulfide) groups is 1. The summed E-state index contributed by atoms with van der Waals surface area (Å²) in [7, 11) is 1.63. The summed E-state index contributed by atoms with van der Waals surface area (Å²) in [5.41, 5.74) is 1.01. The molecule has 0 atom stereocenters. The van der Waals surface area contributed by atoms with Crippen molar-refractivity contribution < 1.29 is 14.3 Å². The normalized spacial score (nSPS) is 9.80. The second-order valence-electron chi connectivity index (χ2n) is 2.92. The van der Waals surface area contributed by atoms with Crippen LogP contribution >= 0.6 is 11.8 Å². The summed E-state index contributed by atoms with van der Waals surface area (Å²) in [5, 5.41) is -0.276. The topological polar surface area (TPSA) is 35.5 Å². The lowest BCUT2D eigenvalue weighted by atomic mass is 10.2. The van der Waals surface area contributed by atoms with Crippen LogP contribution in [0.1, 0.15) is 12.5 Å². The molecule has 0 aliphatic rings. The van der Waals surface area contributed by atoms with Gasteiger partial charge in [0.1, 0.15) is 5.75 Å². The third kappa shape index (κ3) is 3.47. The molecule has 15 heavy (non-hydrogen) atoms. The van der Waals surface area contributed by atoms with Crippen molar-refractivity contribution in [1.82, 2.24) is 0 Å². The van der Waals surface area contributed by atoms with Gasteiger partial charge in [0.05, 0.1) is 13.7 Å². The third-order valence-electron chi connectivity index (χ3n) is 1.83. The number of hydrogen-bond acceptors (Lipinski definition) is 4. The summed E-state index contributed by atoms with van der Waals surface area (Å²) in [6.07, 6.45) is 0. The molecule has 0 amide bonds. The van der Waals surface area contributed by atoms with Gasteiger partial charge in [-0.25, -0.2) is 4.79 Å². The number of aryl methyl sites for hydroxylation is 1. The zero-order chi connectivity index (χ0) is 11.3. The molecule has 0 N–H and O–H groups in total. The van der Waals surface area contributed by atoms with Gasteiger partial charge in [-0.2, -0.15) is 0 Å². The highest BCUT2D eigenvalue weighted by molar-refractivity contribution is 8.13. The Morgan fingerprint density at radius 3 is 2.73 bits per heavy atom. The molecule has 0 bridgehead atoms. The van der Waals surface area contributed by atoms with Crippen molar-refractivity contribution in [2.24, 2.45) is 0 Å². The van der Waals surface area contributed by atoms with Crippen LogP contribution in [-0.2, 0) is 4.74 Å². The predicted octanol–water partition coefficient (Wildman–Crippen LogP) is 3.25. The minimum atomic E-state index is -0.276. The minimum absolute atomic E-state index is 0.276. The van der Waals surface area contributed by atoms with E-state index in [4.69, 9.17) is 9.47 Å². The molecule has 1 aromatic carbocycles. The first-order valence-electron chi connectivity index (χ1n) is 4.66. The number of carbonyl (C=O) groups excluding carboxylic acids is 1. The zero-order valence-electron chi connectivity index (χ0n) is 9.07. The van der Waals surface area contributed by atoms with Crippen LogP contribution in [0.15, 0.2) is 23.1 Å². The van der Waals surface area contributed by atoms with Crippen LogP contribution in [0.2, 0.25) is 0 Å². The summed E-state index contributed by atoms with van der Waals surface area (Å²) < 4.78 is 9.96. The van der Waals surface area contributed by atoms with Gasteiger partial charge >= 0.3 is 5.30 Å². The number of rotatable bonds is 3. The van der Waals surface area contributed by atoms with Gasteiger partial charge in [0.25, 0.3) is 0 Å². The molecule has 3 nitrogen and oxygen atoms in total. The standard InChI is InChI=1S/C11H14O3S/c1-4-14-11(12)15-9-5-6-10(13-3)8(2)7-9/h5-7H,4H2,1-3H3. The van der Waals surface area contributed by atoms with E-state index in [2.05, 4.69) is 0 Å². The van der Waals surface area contributed by atoms with E-state index in [0.29, 0.717) is 6.61 Å². The molecule has 4 heteroatoms. The Bertz CT molecular complexity index is 350. The van der Waals surface area contributed by atoms with Gasteiger partial charge in [-0.15, -0.1) is 0 Å². The lowest BCUT2D eigenvalue weighted by molar-refractivity contribution is 0.181. The SMILES string of the molecule is CCOC(=O)Sc1ccc(OC)c(C)c1. The van der Waals surface area contributed by atoms with E-state index in [1.165, 1.54) is 0 Å². The highest BCUT2D eigenvalue weighted by Crippen LogP contribution is 2.26. The van der Waals surface area contributed by atoms with Crippen molar-refractivity contribution >= 4 is 17.1 Å². The summed E-state index contributed by atoms with van der Waals surface area (Å²) in [6.45, 7) is 4.13. The highest BCUT2D eigenvalue weighted by Gasteiger charge is 2.06. The van der Waals surface area contributed by atoms with E-state index >= 15 is 0 Å². The molecule has 0 aliphatic carbocycles. The van der Waals surface area contributed by atoms with Crippen molar-refractivity contribution in [1.29, 1.82) is 0 Å². The lowest BCUT2D eigenvalue weighted by Crippen LogP contribution is -1.96. The Morgan fingerprint density at radius 1 is 1.47 bits per heavy atom. The van der Waals surface area contributed by atoms with Gasteiger partial charge in [0.2, 0.25) is 0 Å². The van der Waals surface area contributed by atoms with Crippen LogP contribution in [0.4, 0.5) is 4.79 Å². The monoisotopic (exact) mass is 226 g/mol. The van der Waals surface area contributed by atoms with Gasteiger partial charge in [0.15, 0.2) is 0 Å². The van der Waals surface area contributed by atoms with E-state index in [-0.39, 0.29) is 5.30 Å². The second kappa shape index (κ2) is 5.66. The maximum atomic E-state index is 11.2. The van der Waals surface area contributed by atoms with Gasteiger partial charge in [-0.05, 0) is 49.4 Å². The molecule has 0 aliphatic heterocycles. The van der Waals surface area contributed by atoms with Crippen LogP contribution in [-0.4, -0.2) is 19.0 Å². The highest BCUT2D eigenvalue weighted by atomic mass is 32.2. The van der Waals surface area contributed by atoms with Crippen LogP contribution in [0.3, 0.4) is 0 Å². The number of methoxy groups -OCH3 is 1. The van der Waals surface area contributed by atoms with Gasteiger partial charge in [-0.1, -0.05) is 0 Å². The van der Waals surface area contributed by atoms with Crippen LogP contribution in [0.25, 0.3) is 0 Å². The van der Waals surface area contributed by atoms with E-state index in [0.717, 1.165) is 28.0 Å². The second-order valence-corrected chi connectivity index (χ2v) is 3.93. The zero-order valence-corrected chi connectivity index (χ0v) is 9.89. The number of carbonyl (C=O) groups is 1. The van der Waals surface area contributed by atoms with Crippen LogP contribution in [0.5, 0.6) is 5.75 Å². The Hall–Kier alpha value is -1.16. The predicted molar refractivity (Wildman–Crippen MR) is 60.6 cm³/mol. The fourth-order valence-corrected chi connectivity index (χ4v) is 1.90. The van der Waals surface area contributed by atoms with E-state index in [1.807, 2.05) is 25.1 Å². The van der Waals surface area contributed by atoms with Crippen molar-refractivity contribution in [2.75, 3.05) is 13.7 Å². The molecule has 0 spiro atoms. The summed E-state index contributed by atoms with van der Waals surface area (Å²) in [4.78, 5) is 12.1. The minimum Gasteiger partial charge on any atom is -0.496 e. The molecule has 0 radical (unpaired) electrons. The Labute approximate surface area is 93.8 Å². The summed E-state index contributed by atoms with van der Waals surface area (Å²) in [6, 6.07) is 5.59. The Balaban J connectivity index is 2.71. The van der Waals surface area contributed by atoms with E-state index in [1.54, 1.807) is 14.0 Å². The molecule has 1 aromatic rings. The van der Waals surface area contributed by atoms with Crippen LogP contribution < -0.4 is 4.74 Å². The van der Waals surface area contributed by atoms with Gasteiger partial charge in [0, 0.05) is 4.90 Å².